The van der Waals surface area contributed by atoms with E-state index in [0.29, 0.717) is 10.8 Å². The van der Waals surface area contributed by atoms with Gasteiger partial charge in [0.2, 0.25) is 0 Å². The molecule has 6 nitrogen and oxygen atoms in total. The normalized spacial score (nSPS) is 11.6. The van der Waals surface area contributed by atoms with E-state index in [1.807, 2.05) is 24.3 Å². The molecule has 0 radical (unpaired) electrons. The fourth-order valence-electron chi connectivity index (χ4n) is 4.27. The Kier molecular flexibility index (Phi) is 12.0. The van der Waals surface area contributed by atoms with E-state index < -0.39 is 20.2 Å². The molecule has 0 fully saturated rings. The van der Waals surface area contributed by atoms with Crippen molar-refractivity contribution in [2.24, 2.45) is 0 Å². The van der Waals surface area contributed by atoms with Crippen molar-refractivity contribution in [1.82, 2.24) is 0 Å². The predicted octanol–water partition coefficient (Wildman–Crippen LogP) is 5.79. The summed E-state index contributed by atoms with van der Waals surface area (Å²) in [6.45, 7) is 4.22. The van der Waals surface area contributed by atoms with E-state index >= 15 is 0 Å². The summed E-state index contributed by atoms with van der Waals surface area (Å²) in [5.74, 6) is 0. The first-order chi connectivity index (χ1) is 17.1. The van der Waals surface area contributed by atoms with Gasteiger partial charge in [-0.25, -0.2) is 16.8 Å². The fraction of sp³-hybridized carbons (Fsp3) is 0.286. The molecule has 0 aliphatic heterocycles. The van der Waals surface area contributed by atoms with Crippen LogP contribution in [0, 0.1) is 0 Å². The quantitative estimate of drug-likeness (QED) is 0.197. The van der Waals surface area contributed by atoms with Gasteiger partial charge in [-0.1, -0.05) is 87.4 Å². The minimum Gasteiger partial charge on any atom is -0.744 e. The largest absolute Gasteiger partial charge is 2.00 e. The first-order valence-electron chi connectivity index (χ1n) is 12.0. The first kappa shape index (κ1) is 31.7. The third-order valence-corrected chi connectivity index (χ3v) is 7.88. The summed E-state index contributed by atoms with van der Waals surface area (Å²) in [5.41, 5.74) is 2.19. The van der Waals surface area contributed by atoms with Crippen LogP contribution in [-0.2, 0) is 33.1 Å². The Bertz CT molecular complexity index is 1450. The van der Waals surface area contributed by atoms with Crippen molar-refractivity contribution in [2.75, 3.05) is 0 Å². The van der Waals surface area contributed by atoms with Crippen LogP contribution < -0.4 is 0 Å². The molecule has 0 atom stereocenters. The van der Waals surface area contributed by atoms with Gasteiger partial charge in [-0.3, -0.25) is 0 Å². The van der Waals surface area contributed by atoms with Gasteiger partial charge >= 0.3 is 37.7 Å². The van der Waals surface area contributed by atoms with Crippen LogP contribution in [0.25, 0.3) is 21.5 Å². The second-order valence-corrected chi connectivity index (χ2v) is 11.3. The number of aryl methyl sites for hydroxylation is 2. The molecule has 4 rings (SSSR count). The molecule has 192 valence electrons. The molecule has 0 saturated heterocycles. The molecular weight excluding hydrogens is 537 g/mol. The number of benzene rings is 4. The van der Waals surface area contributed by atoms with Gasteiger partial charge in [-0.2, -0.15) is 0 Å². The molecule has 0 N–H and O–H groups in total. The van der Waals surface area contributed by atoms with Crippen molar-refractivity contribution in [3.8, 4) is 0 Å². The Morgan fingerprint density at radius 1 is 0.541 bits per heavy atom. The summed E-state index contributed by atoms with van der Waals surface area (Å²) >= 11 is 0. The zero-order chi connectivity index (χ0) is 26.3. The van der Waals surface area contributed by atoms with E-state index in [9.17, 15) is 25.9 Å². The van der Waals surface area contributed by atoms with Crippen molar-refractivity contribution >= 4 is 79.5 Å². The maximum absolute atomic E-state index is 11.2. The number of hydrogen-bond acceptors (Lipinski definition) is 6. The maximum Gasteiger partial charge on any atom is 2.00 e. The van der Waals surface area contributed by atoms with Gasteiger partial charge in [-0.05, 0) is 70.5 Å². The minimum atomic E-state index is -4.42. The molecule has 0 amide bonds. The molecule has 0 heterocycles. The first-order valence-corrected chi connectivity index (χ1v) is 14.8. The smallest absolute Gasteiger partial charge is 0.744 e. The Morgan fingerprint density at radius 3 is 1.16 bits per heavy atom. The monoisotopic (exact) mass is 566 g/mol. The Morgan fingerprint density at radius 2 is 0.865 bits per heavy atom. The summed E-state index contributed by atoms with van der Waals surface area (Å²) in [6, 6.07) is 20.7. The van der Waals surface area contributed by atoms with Crippen LogP contribution in [0.3, 0.4) is 0 Å². The average Bonchev–Trinajstić information content (AvgIpc) is 2.84. The zero-order valence-corrected chi connectivity index (χ0v) is 25.0. The standard InChI is InChI=1S/2C14H16O3S.Ca/c2*1-2-3-6-11-9-10-14(18(15,16)17)13-8-5-4-7-12(11)13;/h2*4-5,7-10H,2-3,6H2,1H3,(H,15,16,17);/q;;+2/p-2. The average molecular weight is 567 g/mol. The Hall–Kier alpha value is -1.52. The van der Waals surface area contributed by atoms with E-state index in [1.54, 1.807) is 36.4 Å². The van der Waals surface area contributed by atoms with Gasteiger partial charge in [0, 0.05) is 0 Å². The van der Waals surface area contributed by atoms with Gasteiger partial charge in [0.15, 0.2) is 0 Å². The summed E-state index contributed by atoms with van der Waals surface area (Å²) in [4.78, 5) is -0.253. The van der Waals surface area contributed by atoms with Gasteiger partial charge in [0.05, 0.1) is 9.79 Å². The van der Waals surface area contributed by atoms with Crippen molar-refractivity contribution < 1.29 is 25.9 Å². The molecule has 4 aromatic rings. The van der Waals surface area contributed by atoms with Crippen LogP contribution in [0.1, 0.15) is 50.7 Å². The van der Waals surface area contributed by atoms with Crippen molar-refractivity contribution in [2.45, 2.75) is 62.2 Å². The van der Waals surface area contributed by atoms with Gasteiger partial charge in [0.1, 0.15) is 20.2 Å². The Labute approximate surface area is 249 Å². The second-order valence-electron chi connectivity index (χ2n) is 8.65. The van der Waals surface area contributed by atoms with Gasteiger partial charge in [-0.15, -0.1) is 0 Å². The second kappa shape index (κ2) is 14.0. The number of fused-ring (bicyclic) bond motifs is 2. The maximum atomic E-state index is 11.2. The molecule has 0 unspecified atom stereocenters. The molecule has 4 aromatic carbocycles. The summed E-state index contributed by atoms with van der Waals surface area (Å²) in [6.07, 6.45) is 6.05. The molecule has 0 aliphatic carbocycles. The number of rotatable bonds is 8. The van der Waals surface area contributed by atoms with Crippen LogP contribution in [0.5, 0.6) is 0 Å². The molecule has 0 aliphatic rings. The van der Waals surface area contributed by atoms with Crippen molar-refractivity contribution in [3.63, 3.8) is 0 Å². The minimum absolute atomic E-state index is 0. The SMILES string of the molecule is CCCCc1ccc(S(=O)(=O)[O-])c2ccccc12.CCCCc1ccc(S(=O)(=O)[O-])c2ccccc12.[Ca+2]. The van der Waals surface area contributed by atoms with Crippen molar-refractivity contribution in [3.05, 3.63) is 83.9 Å². The number of unbranched alkanes of at least 4 members (excludes halogenated alkanes) is 2. The molecular formula is C28H30CaO6S2. The van der Waals surface area contributed by atoms with E-state index in [0.717, 1.165) is 60.4 Å². The summed E-state index contributed by atoms with van der Waals surface area (Å²) < 4.78 is 67.3. The van der Waals surface area contributed by atoms with Gasteiger partial charge < -0.3 is 9.11 Å². The van der Waals surface area contributed by atoms with Gasteiger partial charge in [0.25, 0.3) is 0 Å². The van der Waals surface area contributed by atoms with E-state index in [-0.39, 0.29) is 47.5 Å². The molecule has 37 heavy (non-hydrogen) atoms. The third-order valence-electron chi connectivity index (χ3n) is 6.09. The molecule has 0 aromatic heterocycles. The molecule has 0 bridgehead atoms. The zero-order valence-electron chi connectivity index (χ0n) is 21.1. The molecule has 0 spiro atoms. The molecule has 0 saturated carbocycles. The van der Waals surface area contributed by atoms with E-state index in [1.165, 1.54) is 12.1 Å². The predicted molar refractivity (Wildman–Crippen MR) is 147 cm³/mol. The van der Waals surface area contributed by atoms with E-state index in [4.69, 9.17) is 0 Å². The summed E-state index contributed by atoms with van der Waals surface area (Å²) in [7, 11) is -8.83. The summed E-state index contributed by atoms with van der Waals surface area (Å²) in [5, 5.41) is 2.79. The van der Waals surface area contributed by atoms with Crippen LogP contribution in [-0.4, -0.2) is 63.7 Å². The van der Waals surface area contributed by atoms with Crippen molar-refractivity contribution in [1.29, 1.82) is 0 Å². The van der Waals surface area contributed by atoms with Crippen LogP contribution in [0.2, 0.25) is 0 Å². The third kappa shape index (κ3) is 8.23. The topological polar surface area (TPSA) is 114 Å². The fourth-order valence-corrected chi connectivity index (χ4v) is 5.64. The van der Waals surface area contributed by atoms with Crippen LogP contribution in [0.15, 0.2) is 82.6 Å². The van der Waals surface area contributed by atoms with Crippen LogP contribution >= 0.6 is 0 Å². The molecule has 9 heteroatoms. The van der Waals surface area contributed by atoms with E-state index in [2.05, 4.69) is 13.8 Å². The number of hydrogen-bond donors (Lipinski definition) is 0. The van der Waals surface area contributed by atoms with Crippen LogP contribution in [0.4, 0.5) is 0 Å². The Balaban J connectivity index is 0.000000253.